The molecule has 8 heteroatoms. The van der Waals surface area contributed by atoms with Gasteiger partial charge in [0, 0.05) is 31.7 Å². The van der Waals surface area contributed by atoms with Crippen LogP contribution in [0.3, 0.4) is 0 Å². The van der Waals surface area contributed by atoms with Crippen molar-refractivity contribution in [3.8, 4) is 6.07 Å². The van der Waals surface area contributed by atoms with E-state index >= 15 is 0 Å². The Labute approximate surface area is 247 Å². The van der Waals surface area contributed by atoms with E-state index in [1.165, 1.54) is 24.9 Å². The molecule has 0 aliphatic carbocycles. The molecule has 0 unspecified atom stereocenters. The lowest BCUT2D eigenvalue weighted by Crippen LogP contribution is -2.29. The van der Waals surface area contributed by atoms with Crippen LogP contribution >= 0.6 is 0 Å². The van der Waals surface area contributed by atoms with Crippen LogP contribution in [-0.2, 0) is 30.2 Å². The monoisotopic (exact) mass is 569 g/mol. The molecular weight excluding hydrogens is 530 g/mol. The maximum Gasteiger partial charge on any atom is 0.306 e. The molecule has 1 aliphatic rings. The molecule has 1 N–H and O–H groups in total. The fourth-order valence-corrected chi connectivity index (χ4v) is 4.84. The van der Waals surface area contributed by atoms with Crippen molar-refractivity contribution in [3.63, 3.8) is 0 Å². The Kier molecular flexibility index (Phi) is 12.4. The lowest BCUT2D eigenvalue weighted by atomic mass is 10.0. The van der Waals surface area contributed by atoms with Crippen LogP contribution in [0, 0.1) is 11.3 Å². The smallest absolute Gasteiger partial charge is 0.306 e. The molecule has 1 heterocycles. The number of anilines is 1. The van der Waals surface area contributed by atoms with Crippen molar-refractivity contribution >= 4 is 34.4 Å². The fourth-order valence-electron chi connectivity index (χ4n) is 4.84. The van der Waals surface area contributed by atoms with Crippen LogP contribution in [0.25, 0.3) is 16.8 Å². The molecule has 1 fully saturated rings. The maximum absolute atomic E-state index is 12.5. The van der Waals surface area contributed by atoms with E-state index in [0.717, 1.165) is 35.0 Å². The summed E-state index contributed by atoms with van der Waals surface area (Å²) in [5, 5.41) is 14.5. The van der Waals surface area contributed by atoms with Gasteiger partial charge < -0.3 is 24.4 Å². The first-order valence-electron chi connectivity index (χ1n) is 14.7. The number of amides is 1. The number of hydrogen-bond acceptors (Lipinski definition) is 7. The molecule has 220 valence electrons. The molecule has 0 spiro atoms. The molecule has 0 atom stereocenters. The summed E-state index contributed by atoms with van der Waals surface area (Å²) in [5.41, 5.74) is 3.19. The highest BCUT2D eigenvalue weighted by Gasteiger charge is 2.12. The molecule has 8 nitrogen and oxygen atoms in total. The van der Waals surface area contributed by atoms with Gasteiger partial charge in [0.1, 0.15) is 18.2 Å². The van der Waals surface area contributed by atoms with Gasteiger partial charge in [0.05, 0.1) is 26.4 Å². The van der Waals surface area contributed by atoms with E-state index in [4.69, 9.17) is 14.2 Å². The number of hydrogen-bond donors (Lipinski definition) is 1. The minimum Gasteiger partial charge on any atom is -0.463 e. The Balaban J connectivity index is 1.09. The van der Waals surface area contributed by atoms with E-state index in [1.54, 1.807) is 6.08 Å². The zero-order chi connectivity index (χ0) is 29.4. The van der Waals surface area contributed by atoms with Crippen molar-refractivity contribution in [1.29, 1.82) is 5.26 Å². The van der Waals surface area contributed by atoms with Gasteiger partial charge in [0.2, 0.25) is 0 Å². The average Bonchev–Trinajstić information content (AvgIpc) is 3.04. The molecule has 0 radical (unpaired) electrons. The summed E-state index contributed by atoms with van der Waals surface area (Å²) in [6.45, 7) is 3.94. The number of benzene rings is 3. The Morgan fingerprint density at radius 3 is 2.36 bits per heavy atom. The van der Waals surface area contributed by atoms with Crippen molar-refractivity contribution in [2.75, 3.05) is 57.6 Å². The maximum atomic E-state index is 12.5. The number of ether oxygens (including phenoxy) is 3. The summed E-state index contributed by atoms with van der Waals surface area (Å²) < 4.78 is 16.1. The quantitative estimate of drug-likeness (QED) is 0.118. The van der Waals surface area contributed by atoms with Crippen LogP contribution in [0.15, 0.2) is 72.3 Å². The van der Waals surface area contributed by atoms with Gasteiger partial charge in [-0.25, -0.2) is 0 Å². The summed E-state index contributed by atoms with van der Waals surface area (Å²) >= 11 is 0. The van der Waals surface area contributed by atoms with E-state index in [2.05, 4.69) is 28.4 Å². The lowest BCUT2D eigenvalue weighted by Gasteiger charge is -2.29. The minimum atomic E-state index is -0.438. The molecule has 42 heavy (non-hydrogen) atoms. The van der Waals surface area contributed by atoms with E-state index in [0.29, 0.717) is 32.7 Å². The number of rotatable bonds is 15. The molecule has 0 saturated carbocycles. The number of nitrogens with one attached hydrogen (secondary N) is 1. The Morgan fingerprint density at radius 1 is 0.857 bits per heavy atom. The molecular formula is C34H39N3O5. The summed E-state index contributed by atoms with van der Waals surface area (Å²) in [6.07, 6.45) is 6.36. The summed E-state index contributed by atoms with van der Waals surface area (Å²) in [4.78, 5) is 26.8. The zero-order valence-electron chi connectivity index (χ0n) is 24.1. The molecule has 1 aliphatic heterocycles. The van der Waals surface area contributed by atoms with Crippen molar-refractivity contribution < 1.29 is 23.8 Å². The summed E-state index contributed by atoms with van der Waals surface area (Å²) in [5.74, 6) is -0.686. The summed E-state index contributed by atoms with van der Waals surface area (Å²) in [7, 11) is 0. The van der Waals surface area contributed by atoms with Gasteiger partial charge in [-0.2, -0.15) is 5.26 Å². The van der Waals surface area contributed by atoms with E-state index in [-0.39, 0.29) is 31.3 Å². The van der Waals surface area contributed by atoms with Gasteiger partial charge in [-0.1, -0.05) is 48.5 Å². The predicted molar refractivity (Wildman–Crippen MR) is 164 cm³/mol. The first kappa shape index (κ1) is 30.8. The standard InChI is InChI=1S/C34H39N3O5/c35-26-31(24-28-9-11-30-25-32(13-12-29(30)23-28)37-16-5-2-6-17-37)34(39)36-15-18-40-19-20-41-21-22-42-33(38)14-10-27-7-3-1-4-8-27/h1,3-4,7-9,11-13,23-25H,2,5-6,10,14-22H2,(H,36,39)/b31-24+. The van der Waals surface area contributed by atoms with Crippen molar-refractivity contribution in [1.82, 2.24) is 5.32 Å². The Hall–Kier alpha value is -4.19. The highest BCUT2D eigenvalue weighted by Crippen LogP contribution is 2.26. The number of nitrogens with zero attached hydrogens (tertiary/aromatic N) is 2. The van der Waals surface area contributed by atoms with Crippen LogP contribution in [0.5, 0.6) is 0 Å². The molecule has 3 aromatic rings. The first-order valence-corrected chi connectivity index (χ1v) is 14.7. The van der Waals surface area contributed by atoms with Gasteiger partial charge in [-0.15, -0.1) is 0 Å². The highest BCUT2D eigenvalue weighted by molar-refractivity contribution is 6.02. The third kappa shape index (κ3) is 10.0. The minimum absolute atomic E-state index is 0.0425. The third-order valence-electron chi connectivity index (χ3n) is 7.10. The van der Waals surface area contributed by atoms with Gasteiger partial charge in [0.25, 0.3) is 5.91 Å². The van der Waals surface area contributed by atoms with Crippen LogP contribution in [0.2, 0.25) is 0 Å². The zero-order valence-corrected chi connectivity index (χ0v) is 24.1. The largest absolute Gasteiger partial charge is 0.463 e. The predicted octanol–water partition coefficient (Wildman–Crippen LogP) is 5.06. The van der Waals surface area contributed by atoms with Gasteiger partial charge in [0.15, 0.2) is 0 Å². The third-order valence-corrected chi connectivity index (χ3v) is 7.10. The van der Waals surface area contributed by atoms with E-state index in [1.807, 2.05) is 54.6 Å². The number of aryl methyl sites for hydroxylation is 1. The number of carbonyl (C=O) groups is 2. The SMILES string of the molecule is N#C/C(=C\c1ccc2cc(N3CCCCC3)ccc2c1)C(=O)NCCOCCOCCOC(=O)CCc1ccccc1. The number of fused-ring (bicyclic) bond motifs is 1. The van der Waals surface area contributed by atoms with Crippen LogP contribution in [0.1, 0.15) is 36.8 Å². The normalized spacial score (nSPS) is 13.5. The number of piperidine rings is 1. The second-order valence-electron chi connectivity index (χ2n) is 10.2. The topological polar surface area (TPSA) is 101 Å². The van der Waals surface area contributed by atoms with Crippen molar-refractivity contribution in [3.05, 3.63) is 83.4 Å². The van der Waals surface area contributed by atoms with Gasteiger partial charge in [-0.05, 0) is 71.9 Å². The Bertz CT molecular complexity index is 1380. The van der Waals surface area contributed by atoms with Crippen LogP contribution < -0.4 is 10.2 Å². The van der Waals surface area contributed by atoms with E-state index < -0.39 is 5.91 Å². The number of nitriles is 1. The van der Waals surface area contributed by atoms with Crippen molar-refractivity contribution in [2.24, 2.45) is 0 Å². The van der Waals surface area contributed by atoms with Gasteiger partial charge >= 0.3 is 5.97 Å². The van der Waals surface area contributed by atoms with Crippen LogP contribution in [-0.4, -0.2) is 64.5 Å². The second kappa shape index (κ2) is 16.9. The van der Waals surface area contributed by atoms with E-state index in [9.17, 15) is 14.9 Å². The molecule has 1 saturated heterocycles. The molecule has 1 amide bonds. The van der Waals surface area contributed by atoms with Crippen LogP contribution in [0.4, 0.5) is 5.69 Å². The second-order valence-corrected chi connectivity index (χ2v) is 10.2. The first-order chi connectivity index (χ1) is 20.6. The molecule has 0 bridgehead atoms. The lowest BCUT2D eigenvalue weighted by molar-refractivity contribution is -0.145. The number of carbonyl (C=O) groups excluding carboxylic acids is 2. The Morgan fingerprint density at radius 2 is 1.57 bits per heavy atom. The summed E-state index contributed by atoms with van der Waals surface area (Å²) in [6, 6.07) is 24.2. The van der Waals surface area contributed by atoms with Gasteiger partial charge in [-0.3, -0.25) is 9.59 Å². The fraction of sp³-hybridized carbons (Fsp3) is 0.382. The average molecular weight is 570 g/mol. The van der Waals surface area contributed by atoms with Crippen molar-refractivity contribution in [2.45, 2.75) is 32.1 Å². The molecule has 3 aromatic carbocycles. The number of esters is 1. The molecule has 0 aromatic heterocycles. The highest BCUT2D eigenvalue weighted by atomic mass is 16.6. The molecule has 4 rings (SSSR count).